The van der Waals surface area contributed by atoms with Crippen molar-refractivity contribution in [3.63, 3.8) is 0 Å². The van der Waals surface area contributed by atoms with E-state index in [4.69, 9.17) is 0 Å². The number of benzene rings is 1. The largest absolute Gasteiger partial charge is 0.469 e. The van der Waals surface area contributed by atoms with Crippen molar-refractivity contribution in [1.29, 1.82) is 0 Å². The van der Waals surface area contributed by atoms with Crippen molar-refractivity contribution in [2.75, 3.05) is 19.1 Å². The molecule has 0 fully saturated rings. The van der Waals surface area contributed by atoms with Crippen LogP contribution < -0.4 is 0 Å². The van der Waals surface area contributed by atoms with Crippen molar-refractivity contribution < 1.29 is 9.53 Å². The van der Waals surface area contributed by atoms with Crippen molar-refractivity contribution in [2.45, 2.75) is 35.5 Å². The molecule has 100 valence electrons. The fraction of sp³-hybridized carbons (Fsp3) is 0.500. The Morgan fingerprint density at radius 1 is 1.11 bits per heavy atom. The van der Waals surface area contributed by atoms with Gasteiger partial charge in [0.2, 0.25) is 0 Å². The van der Waals surface area contributed by atoms with Gasteiger partial charge in [-0.2, -0.15) is 0 Å². The van der Waals surface area contributed by atoms with Crippen molar-refractivity contribution in [3.8, 4) is 0 Å². The van der Waals surface area contributed by atoms with E-state index in [2.05, 4.69) is 35.3 Å². The lowest BCUT2D eigenvalue weighted by Gasteiger charge is -2.03. The van der Waals surface area contributed by atoms with Crippen LogP contribution in [0.5, 0.6) is 0 Å². The fourth-order valence-corrected chi connectivity index (χ4v) is 2.83. The molecule has 1 aromatic carbocycles. The molecule has 2 nitrogen and oxygen atoms in total. The van der Waals surface area contributed by atoms with Crippen molar-refractivity contribution in [3.05, 3.63) is 24.3 Å². The summed E-state index contributed by atoms with van der Waals surface area (Å²) in [6, 6.07) is 8.66. The number of esters is 1. The minimum absolute atomic E-state index is 0.102. The van der Waals surface area contributed by atoms with Crippen molar-refractivity contribution in [1.82, 2.24) is 0 Å². The highest BCUT2D eigenvalue weighted by Gasteiger charge is 1.99. The Balaban J connectivity index is 2.08. The highest BCUT2D eigenvalue weighted by molar-refractivity contribution is 7.99. The summed E-state index contributed by atoms with van der Waals surface area (Å²) in [4.78, 5) is 13.5. The highest BCUT2D eigenvalue weighted by atomic mass is 32.2. The maximum absolute atomic E-state index is 10.9. The van der Waals surface area contributed by atoms with Crippen molar-refractivity contribution in [2.24, 2.45) is 0 Å². The molecule has 0 radical (unpaired) electrons. The molecule has 0 bridgehead atoms. The van der Waals surface area contributed by atoms with Gasteiger partial charge in [-0.05, 0) is 49.1 Å². The highest BCUT2D eigenvalue weighted by Crippen LogP contribution is 2.23. The summed E-state index contributed by atoms with van der Waals surface area (Å²) in [5.74, 6) is 1.01. The number of hydrogen-bond acceptors (Lipinski definition) is 4. The summed E-state index contributed by atoms with van der Waals surface area (Å²) >= 11 is 3.64. The lowest BCUT2D eigenvalue weighted by molar-refractivity contribution is -0.140. The number of carbonyl (C=O) groups is 1. The van der Waals surface area contributed by atoms with Gasteiger partial charge in [-0.3, -0.25) is 4.79 Å². The van der Waals surface area contributed by atoms with Gasteiger partial charge < -0.3 is 4.74 Å². The van der Waals surface area contributed by atoms with E-state index >= 15 is 0 Å². The van der Waals surface area contributed by atoms with Crippen LogP contribution in [0.4, 0.5) is 0 Å². The van der Waals surface area contributed by atoms with E-state index in [0.717, 1.165) is 25.0 Å². The molecule has 0 spiro atoms. The molecular formula is C14H20O2S2. The maximum Gasteiger partial charge on any atom is 0.305 e. The van der Waals surface area contributed by atoms with E-state index in [9.17, 15) is 4.79 Å². The predicted octanol–water partition coefficient (Wildman–Crippen LogP) is 4.23. The van der Waals surface area contributed by atoms with Crippen LogP contribution in [0.25, 0.3) is 0 Å². The Bertz CT molecular complexity index is 349. The first-order chi connectivity index (χ1) is 8.76. The zero-order chi connectivity index (χ0) is 13.2. The number of thioether (sulfide) groups is 2. The lowest BCUT2D eigenvalue weighted by atomic mass is 10.2. The van der Waals surface area contributed by atoms with E-state index in [0.29, 0.717) is 6.42 Å². The van der Waals surface area contributed by atoms with Crippen LogP contribution in [0.2, 0.25) is 0 Å². The van der Waals surface area contributed by atoms with E-state index < -0.39 is 0 Å². The summed E-state index contributed by atoms with van der Waals surface area (Å²) in [7, 11) is 1.44. The average molecular weight is 284 g/mol. The average Bonchev–Trinajstić information content (AvgIpc) is 2.43. The SMILES string of the molecule is COC(=O)CCCCCSc1ccc(SC)cc1. The van der Waals surface area contributed by atoms with Gasteiger partial charge in [0.15, 0.2) is 0 Å². The molecule has 1 rings (SSSR count). The molecule has 0 unspecified atom stereocenters. The number of carbonyl (C=O) groups excluding carboxylic acids is 1. The molecule has 4 heteroatoms. The van der Waals surface area contributed by atoms with Gasteiger partial charge in [-0.25, -0.2) is 0 Å². The Morgan fingerprint density at radius 2 is 1.78 bits per heavy atom. The predicted molar refractivity (Wildman–Crippen MR) is 79.4 cm³/mol. The number of unbranched alkanes of at least 4 members (excludes halogenated alkanes) is 2. The molecule has 0 N–H and O–H groups in total. The summed E-state index contributed by atoms with van der Waals surface area (Å²) in [6.45, 7) is 0. The van der Waals surface area contributed by atoms with E-state index in [-0.39, 0.29) is 5.97 Å². The van der Waals surface area contributed by atoms with E-state index in [1.54, 1.807) is 11.8 Å². The number of rotatable bonds is 8. The number of methoxy groups -OCH3 is 1. The van der Waals surface area contributed by atoms with Crippen LogP contribution in [-0.4, -0.2) is 25.1 Å². The molecule has 0 aliphatic carbocycles. The molecule has 0 amide bonds. The molecule has 0 aliphatic heterocycles. The van der Waals surface area contributed by atoms with Gasteiger partial charge in [0, 0.05) is 16.2 Å². The first kappa shape index (κ1) is 15.4. The summed E-state index contributed by atoms with van der Waals surface area (Å²) in [6.07, 6.45) is 5.79. The molecular weight excluding hydrogens is 264 g/mol. The number of hydrogen-bond donors (Lipinski definition) is 0. The second kappa shape index (κ2) is 9.34. The van der Waals surface area contributed by atoms with Gasteiger partial charge >= 0.3 is 5.97 Å². The Labute approximate surface area is 118 Å². The first-order valence-electron chi connectivity index (χ1n) is 6.10. The Kier molecular flexibility index (Phi) is 8.01. The lowest BCUT2D eigenvalue weighted by Crippen LogP contribution is -1.99. The third kappa shape index (κ3) is 6.36. The van der Waals surface area contributed by atoms with Gasteiger partial charge in [0.05, 0.1) is 7.11 Å². The quantitative estimate of drug-likeness (QED) is 0.405. The van der Waals surface area contributed by atoms with Crippen LogP contribution in [-0.2, 0) is 9.53 Å². The standard InChI is InChI=1S/C14H20O2S2/c1-16-14(15)6-4-3-5-11-18-13-9-7-12(17-2)8-10-13/h7-10H,3-6,11H2,1-2H3. The summed E-state index contributed by atoms with van der Waals surface area (Å²) in [5.41, 5.74) is 0. The smallest absolute Gasteiger partial charge is 0.305 e. The summed E-state index contributed by atoms with van der Waals surface area (Å²) in [5, 5.41) is 0. The maximum atomic E-state index is 10.9. The normalized spacial score (nSPS) is 10.3. The topological polar surface area (TPSA) is 26.3 Å². The van der Waals surface area contributed by atoms with Crippen LogP contribution in [0.15, 0.2) is 34.1 Å². The zero-order valence-electron chi connectivity index (χ0n) is 11.0. The third-order valence-corrected chi connectivity index (χ3v) is 4.42. The van der Waals surface area contributed by atoms with Gasteiger partial charge in [-0.15, -0.1) is 23.5 Å². The molecule has 0 aromatic heterocycles. The van der Waals surface area contributed by atoms with Crippen LogP contribution >= 0.6 is 23.5 Å². The second-order valence-corrected chi connectivity index (χ2v) is 5.96. The monoisotopic (exact) mass is 284 g/mol. The van der Waals surface area contributed by atoms with E-state index in [1.807, 2.05) is 11.8 Å². The van der Waals surface area contributed by atoms with Gasteiger partial charge in [-0.1, -0.05) is 6.42 Å². The summed E-state index contributed by atoms with van der Waals surface area (Å²) < 4.78 is 4.60. The van der Waals surface area contributed by atoms with Crippen molar-refractivity contribution >= 4 is 29.5 Å². The molecule has 0 saturated carbocycles. The van der Waals surface area contributed by atoms with Crippen LogP contribution in [0.3, 0.4) is 0 Å². The van der Waals surface area contributed by atoms with E-state index in [1.165, 1.54) is 16.9 Å². The Morgan fingerprint density at radius 3 is 2.39 bits per heavy atom. The van der Waals surface area contributed by atoms with Gasteiger partial charge in [0.1, 0.15) is 0 Å². The molecule has 0 atom stereocenters. The zero-order valence-corrected chi connectivity index (χ0v) is 12.6. The van der Waals surface area contributed by atoms with Gasteiger partial charge in [0.25, 0.3) is 0 Å². The second-order valence-electron chi connectivity index (χ2n) is 3.91. The molecule has 18 heavy (non-hydrogen) atoms. The first-order valence-corrected chi connectivity index (χ1v) is 8.31. The minimum atomic E-state index is -0.102. The van der Waals surface area contributed by atoms with Crippen LogP contribution in [0.1, 0.15) is 25.7 Å². The molecule has 1 aromatic rings. The molecule has 0 aliphatic rings. The third-order valence-electron chi connectivity index (χ3n) is 2.58. The fourth-order valence-electron chi connectivity index (χ4n) is 1.51. The Hall–Kier alpha value is -0.610. The number of ether oxygens (including phenoxy) is 1. The van der Waals surface area contributed by atoms with Crippen LogP contribution in [0, 0.1) is 0 Å². The molecule has 0 heterocycles. The molecule has 0 saturated heterocycles. The minimum Gasteiger partial charge on any atom is -0.469 e.